The van der Waals surface area contributed by atoms with Gasteiger partial charge in [-0.1, -0.05) is 13.8 Å². The van der Waals surface area contributed by atoms with Gasteiger partial charge < -0.3 is 10.1 Å². The van der Waals surface area contributed by atoms with Gasteiger partial charge in [-0.15, -0.1) is 11.6 Å². The molecule has 0 bridgehead atoms. The molecule has 0 saturated carbocycles. The molecule has 3 nitrogen and oxygen atoms in total. The Morgan fingerprint density at radius 1 is 1.42 bits per heavy atom. The molecule has 4 heteroatoms. The first kappa shape index (κ1) is 16.1. The van der Waals surface area contributed by atoms with Crippen LogP contribution in [0.3, 0.4) is 0 Å². The van der Waals surface area contributed by atoms with Gasteiger partial charge in [0, 0.05) is 18.6 Å². The van der Waals surface area contributed by atoms with E-state index in [1.54, 1.807) is 6.20 Å². The third-order valence-electron chi connectivity index (χ3n) is 2.85. The van der Waals surface area contributed by atoms with Crippen molar-refractivity contribution in [2.45, 2.75) is 46.6 Å². The standard InChI is InChI=1S/C15H25ClN2O/c1-12(2)19-13-7-5-10-17-14(13)18-11-15(3,4)8-6-9-16/h5,7,10,12H,6,8-9,11H2,1-4H3,(H,17,18). The first-order valence-corrected chi connectivity index (χ1v) is 7.39. The minimum Gasteiger partial charge on any atom is -0.487 e. The van der Waals surface area contributed by atoms with Crippen molar-refractivity contribution in [2.24, 2.45) is 5.41 Å². The Kier molecular flexibility index (Phi) is 6.43. The fraction of sp³-hybridized carbons (Fsp3) is 0.667. The molecule has 0 saturated heterocycles. The van der Waals surface area contributed by atoms with E-state index >= 15 is 0 Å². The number of nitrogens with one attached hydrogen (secondary N) is 1. The fourth-order valence-electron chi connectivity index (χ4n) is 1.83. The number of anilines is 1. The lowest BCUT2D eigenvalue weighted by Crippen LogP contribution is -2.24. The number of pyridine rings is 1. The molecule has 1 N–H and O–H groups in total. The maximum absolute atomic E-state index is 5.75. The van der Waals surface area contributed by atoms with Crippen LogP contribution in [0.15, 0.2) is 18.3 Å². The average molecular weight is 285 g/mol. The lowest BCUT2D eigenvalue weighted by atomic mass is 9.88. The lowest BCUT2D eigenvalue weighted by molar-refractivity contribution is 0.242. The largest absolute Gasteiger partial charge is 0.487 e. The highest BCUT2D eigenvalue weighted by atomic mass is 35.5. The van der Waals surface area contributed by atoms with Crippen LogP contribution in [-0.2, 0) is 0 Å². The second-order valence-corrected chi connectivity index (χ2v) is 6.21. The molecule has 0 spiro atoms. The Labute approximate surface area is 121 Å². The molecule has 0 aromatic carbocycles. The van der Waals surface area contributed by atoms with E-state index in [-0.39, 0.29) is 11.5 Å². The van der Waals surface area contributed by atoms with Crippen LogP contribution in [0.5, 0.6) is 5.75 Å². The highest BCUT2D eigenvalue weighted by molar-refractivity contribution is 6.17. The van der Waals surface area contributed by atoms with Crippen molar-refractivity contribution in [3.05, 3.63) is 18.3 Å². The number of halogens is 1. The third kappa shape index (κ3) is 6.15. The van der Waals surface area contributed by atoms with Crippen molar-refractivity contribution in [2.75, 3.05) is 17.7 Å². The van der Waals surface area contributed by atoms with E-state index in [0.29, 0.717) is 5.88 Å². The van der Waals surface area contributed by atoms with Crippen LogP contribution in [0, 0.1) is 5.41 Å². The van der Waals surface area contributed by atoms with Crippen molar-refractivity contribution in [1.82, 2.24) is 4.98 Å². The molecule has 0 aliphatic rings. The quantitative estimate of drug-likeness (QED) is 0.722. The van der Waals surface area contributed by atoms with Gasteiger partial charge in [-0.25, -0.2) is 4.98 Å². The van der Waals surface area contributed by atoms with Gasteiger partial charge in [0.2, 0.25) is 0 Å². The van der Waals surface area contributed by atoms with E-state index in [1.165, 1.54) is 0 Å². The molecule has 0 fully saturated rings. The predicted molar refractivity (Wildman–Crippen MR) is 82.2 cm³/mol. The summed E-state index contributed by atoms with van der Waals surface area (Å²) in [6.45, 7) is 9.36. The summed E-state index contributed by atoms with van der Waals surface area (Å²) in [4.78, 5) is 4.35. The Morgan fingerprint density at radius 2 is 2.16 bits per heavy atom. The second kappa shape index (κ2) is 7.59. The van der Waals surface area contributed by atoms with Crippen LogP contribution < -0.4 is 10.1 Å². The van der Waals surface area contributed by atoms with Gasteiger partial charge >= 0.3 is 0 Å². The zero-order valence-corrected chi connectivity index (χ0v) is 13.1. The first-order valence-electron chi connectivity index (χ1n) is 6.86. The molecule has 0 atom stereocenters. The zero-order valence-electron chi connectivity index (χ0n) is 12.4. The van der Waals surface area contributed by atoms with E-state index < -0.39 is 0 Å². The molecule has 0 radical (unpaired) electrons. The van der Waals surface area contributed by atoms with E-state index in [0.717, 1.165) is 31.0 Å². The smallest absolute Gasteiger partial charge is 0.168 e. The number of alkyl halides is 1. The Hall–Kier alpha value is -0.960. The highest BCUT2D eigenvalue weighted by Crippen LogP contribution is 2.26. The Morgan fingerprint density at radius 3 is 2.79 bits per heavy atom. The van der Waals surface area contributed by atoms with Crippen LogP contribution >= 0.6 is 11.6 Å². The third-order valence-corrected chi connectivity index (χ3v) is 3.12. The first-order chi connectivity index (χ1) is 8.94. The molecule has 108 valence electrons. The van der Waals surface area contributed by atoms with Gasteiger partial charge in [-0.05, 0) is 44.2 Å². The van der Waals surface area contributed by atoms with Crippen LogP contribution in [0.25, 0.3) is 0 Å². The topological polar surface area (TPSA) is 34.1 Å². The molecule has 1 heterocycles. The molecule has 1 aromatic heterocycles. The van der Waals surface area contributed by atoms with Crippen molar-refractivity contribution in [1.29, 1.82) is 0 Å². The van der Waals surface area contributed by atoms with Crippen LogP contribution in [-0.4, -0.2) is 23.5 Å². The number of hydrogen-bond donors (Lipinski definition) is 1. The van der Waals surface area contributed by atoms with Gasteiger partial charge in [0.25, 0.3) is 0 Å². The normalized spacial score (nSPS) is 11.7. The molecular weight excluding hydrogens is 260 g/mol. The van der Waals surface area contributed by atoms with Crippen molar-refractivity contribution >= 4 is 17.4 Å². The molecule has 0 amide bonds. The summed E-state index contributed by atoms with van der Waals surface area (Å²) in [7, 11) is 0. The second-order valence-electron chi connectivity index (χ2n) is 5.83. The predicted octanol–water partition coefficient (Wildman–Crippen LogP) is 4.33. The summed E-state index contributed by atoms with van der Waals surface area (Å²) in [6.07, 6.45) is 4.06. The zero-order chi connectivity index (χ0) is 14.3. The molecular formula is C15H25ClN2O. The maximum atomic E-state index is 5.75. The molecule has 0 aliphatic heterocycles. The van der Waals surface area contributed by atoms with Gasteiger partial charge in [0.1, 0.15) is 0 Å². The SMILES string of the molecule is CC(C)Oc1cccnc1NCC(C)(C)CCCCl. The van der Waals surface area contributed by atoms with Gasteiger partial charge in [0.05, 0.1) is 6.10 Å². The van der Waals surface area contributed by atoms with E-state index in [1.807, 2.05) is 26.0 Å². The van der Waals surface area contributed by atoms with Gasteiger partial charge in [0.15, 0.2) is 11.6 Å². The summed E-state index contributed by atoms with van der Waals surface area (Å²) in [5.74, 6) is 2.34. The number of ether oxygens (including phenoxy) is 1. The summed E-state index contributed by atoms with van der Waals surface area (Å²) >= 11 is 5.75. The number of aromatic nitrogens is 1. The summed E-state index contributed by atoms with van der Waals surface area (Å²) in [5, 5.41) is 3.39. The van der Waals surface area contributed by atoms with Gasteiger partial charge in [-0.2, -0.15) is 0 Å². The van der Waals surface area contributed by atoms with Crippen molar-refractivity contribution < 1.29 is 4.74 Å². The minimum absolute atomic E-state index is 0.147. The average Bonchev–Trinajstić information content (AvgIpc) is 2.35. The fourth-order valence-corrected chi connectivity index (χ4v) is 1.96. The molecule has 0 unspecified atom stereocenters. The summed E-state index contributed by atoms with van der Waals surface area (Å²) in [6, 6.07) is 3.84. The summed E-state index contributed by atoms with van der Waals surface area (Å²) < 4.78 is 5.75. The maximum Gasteiger partial charge on any atom is 0.168 e. The van der Waals surface area contributed by atoms with E-state index in [4.69, 9.17) is 16.3 Å². The van der Waals surface area contributed by atoms with E-state index in [2.05, 4.69) is 24.1 Å². The molecule has 19 heavy (non-hydrogen) atoms. The summed E-state index contributed by atoms with van der Waals surface area (Å²) in [5.41, 5.74) is 0.196. The number of nitrogens with zero attached hydrogens (tertiary/aromatic N) is 1. The molecule has 1 rings (SSSR count). The Balaban J connectivity index is 2.61. The van der Waals surface area contributed by atoms with Gasteiger partial charge in [-0.3, -0.25) is 0 Å². The van der Waals surface area contributed by atoms with Crippen molar-refractivity contribution in [3.8, 4) is 5.75 Å². The van der Waals surface area contributed by atoms with Crippen molar-refractivity contribution in [3.63, 3.8) is 0 Å². The molecule has 1 aromatic rings. The minimum atomic E-state index is 0.147. The lowest BCUT2D eigenvalue weighted by Gasteiger charge is -2.25. The van der Waals surface area contributed by atoms with E-state index in [9.17, 15) is 0 Å². The monoisotopic (exact) mass is 284 g/mol. The number of rotatable bonds is 8. The van der Waals surface area contributed by atoms with Crippen LogP contribution in [0.2, 0.25) is 0 Å². The highest BCUT2D eigenvalue weighted by Gasteiger charge is 2.18. The number of hydrogen-bond acceptors (Lipinski definition) is 3. The van der Waals surface area contributed by atoms with Crippen LogP contribution in [0.1, 0.15) is 40.5 Å². The van der Waals surface area contributed by atoms with Crippen LogP contribution in [0.4, 0.5) is 5.82 Å². The molecule has 0 aliphatic carbocycles. The Bertz CT molecular complexity index is 380.